The van der Waals surface area contributed by atoms with Crippen molar-refractivity contribution in [2.24, 2.45) is 10.2 Å². The third-order valence-corrected chi connectivity index (χ3v) is 3.68. The van der Waals surface area contributed by atoms with Crippen LogP contribution in [0.25, 0.3) is 0 Å². The molecule has 6 heteroatoms. The maximum absolute atomic E-state index is 12.8. The van der Waals surface area contributed by atoms with E-state index in [1.807, 2.05) is 0 Å². The molecule has 0 atom stereocenters. The zero-order chi connectivity index (χ0) is 15.8. The van der Waals surface area contributed by atoms with E-state index in [1.165, 1.54) is 0 Å². The van der Waals surface area contributed by atoms with E-state index < -0.39 is 0 Å². The number of nitrogens with zero attached hydrogens (tertiary/aromatic N) is 3. The van der Waals surface area contributed by atoms with E-state index in [-0.39, 0.29) is 11.6 Å². The van der Waals surface area contributed by atoms with Crippen LogP contribution in [0.5, 0.6) is 0 Å². The molecule has 1 aliphatic carbocycles. The second-order valence-corrected chi connectivity index (χ2v) is 5.05. The van der Waals surface area contributed by atoms with Crippen molar-refractivity contribution >= 4 is 23.1 Å². The van der Waals surface area contributed by atoms with Gasteiger partial charge in [0.25, 0.3) is 0 Å². The van der Waals surface area contributed by atoms with Gasteiger partial charge in [0, 0.05) is 22.8 Å². The number of hydrogen-bond donors (Lipinski definition) is 1. The second kappa shape index (κ2) is 5.10. The highest BCUT2D eigenvalue weighted by Crippen LogP contribution is 2.33. The summed E-state index contributed by atoms with van der Waals surface area (Å²) in [5.74, 6) is 0.0840. The third kappa shape index (κ3) is 2.08. The van der Waals surface area contributed by atoms with Crippen LogP contribution < -0.4 is 0 Å². The highest BCUT2D eigenvalue weighted by molar-refractivity contribution is 6.29. The molecule has 23 heavy (non-hydrogen) atoms. The number of benzene rings is 2. The minimum atomic E-state index is -0.214. The standard InChI is InChI=1S/C17H10N4O2/c22-16-10-4-1-2-5-11(10)17(23)15-12(16)6-3-7-13(15)19-21-14-8-9-18-20-14/h1-9H,(H,18,20). The highest BCUT2D eigenvalue weighted by atomic mass is 16.1. The molecule has 0 aliphatic heterocycles. The zero-order valence-electron chi connectivity index (χ0n) is 11.9. The van der Waals surface area contributed by atoms with Crippen LogP contribution in [-0.4, -0.2) is 21.8 Å². The maximum Gasteiger partial charge on any atom is 0.196 e. The number of rotatable bonds is 2. The van der Waals surface area contributed by atoms with Crippen molar-refractivity contribution in [3.8, 4) is 0 Å². The first-order valence-corrected chi connectivity index (χ1v) is 6.98. The molecular weight excluding hydrogens is 292 g/mol. The Morgan fingerprint density at radius 1 is 0.783 bits per heavy atom. The Hall–Kier alpha value is -3.41. The first kappa shape index (κ1) is 13.3. The molecule has 0 saturated heterocycles. The lowest BCUT2D eigenvalue weighted by molar-refractivity contribution is 0.0979. The molecule has 0 spiro atoms. The monoisotopic (exact) mass is 302 g/mol. The smallest absolute Gasteiger partial charge is 0.196 e. The van der Waals surface area contributed by atoms with Crippen LogP contribution in [0.15, 0.2) is 65.0 Å². The minimum Gasteiger partial charge on any atom is -0.289 e. The number of ketones is 2. The first-order chi connectivity index (χ1) is 11.3. The largest absolute Gasteiger partial charge is 0.289 e. The summed E-state index contributed by atoms with van der Waals surface area (Å²) >= 11 is 0. The van der Waals surface area contributed by atoms with Gasteiger partial charge in [0.2, 0.25) is 0 Å². The molecule has 0 saturated carbocycles. The number of nitrogens with one attached hydrogen (secondary N) is 1. The molecule has 1 aromatic heterocycles. The second-order valence-electron chi connectivity index (χ2n) is 5.05. The van der Waals surface area contributed by atoms with Gasteiger partial charge in [0.15, 0.2) is 17.4 Å². The summed E-state index contributed by atoms with van der Waals surface area (Å²) in [7, 11) is 0. The summed E-state index contributed by atoms with van der Waals surface area (Å²) in [6.07, 6.45) is 1.56. The van der Waals surface area contributed by atoms with Crippen LogP contribution in [0.2, 0.25) is 0 Å². The van der Waals surface area contributed by atoms with E-state index in [2.05, 4.69) is 20.4 Å². The van der Waals surface area contributed by atoms with Crippen molar-refractivity contribution in [2.45, 2.75) is 0 Å². The number of fused-ring (bicyclic) bond motifs is 2. The van der Waals surface area contributed by atoms with Gasteiger partial charge in [0.05, 0.1) is 17.4 Å². The summed E-state index contributed by atoms with van der Waals surface area (Å²) < 4.78 is 0. The molecular formula is C17H10N4O2. The van der Waals surface area contributed by atoms with E-state index in [9.17, 15) is 9.59 Å². The third-order valence-electron chi connectivity index (χ3n) is 3.68. The molecule has 0 radical (unpaired) electrons. The van der Waals surface area contributed by atoms with Crippen molar-refractivity contribution in [1.29, 1.82) is 0 Å². The number of hydrogen-bond acceptors (Lipinski definition) is 5. The summed E-state index contributed by atoms with van der Waals surface area (Å²) in [5, 5.41) is 14.5. The van der Waals surface area contributed by atoms with E-state index in [0.717, 1.165) is 0 Å². The average molecular weight is 302 g/mol. The van der Waals surface area contributed by atoms with Gasteiger partial charge in [0.1, 0.15) is 0 Å². The van der Waals surface area contributed by atoms with E-state index >= 15 is 0 Å². The average Bonchev–Trinajstić information content (AvgIpc) is 3.11. The highest BCUT2D eigenvalue weighted by Gasteiger charge is 2.31. The quantitative estimate of drug-likeness (QED) is 0.574. The van der Waals surface area contributed by atoms with Crippen molar-refractivity contribution in [3.63, 3.8) is 0 Å². The van der Waals surface area contributed by atoms with Crippen LogP contribution in [0.1, 0.15) is 31.8 Å². The van der Waals surface area contributed by atoms with Gasteiger partial charge in [-0.15, -0.1) is 10.2 Å². The fourth-order valence-electron chi connectivity index (χ4n) is 2.62. The molecule has 1 aliphatic rings. The van der Waals surface area contributed by atoms with E-state index in [0.29, 0.717) is 33.8 Å². The predicted octanol–water partition coefficient (Wildman–Crippen LogP) is 3.60. The van der Waals surface area contributed by atoms with E-state index in [4.69, 9.17) is 0 Å². The zero-order valence-corrected chi connectivity index (χ0v) is 11.9. The Balaban J connectivity index is 1.87. The summed E-state index contributed by atoms with van der Waals surface area (Å²) in [6, 6.07) is 13.5. The van der Waals surface area contributed by atoms with Crippen LogP contribution in [0, 0.1) is 0 Å². The Morgan fingerprint density at radius 3 is 2.26 bits per heavy atom. The van der Waals surface area contributed by atoms with Crippen molar-refractivity contribution in [2.75, 3.05) is 0 Å². The lowest BCUT2D eigenvalue weighted by atomic mass is 9.83. The molecule has 0 amide bonds. The molecule has 6 nitrogen and oxygen atoms in total. The predicted molar refractivity (Wildman–Crippen MR) is 82.5 cm³/mol. The maximum atomic E-state index is 12.8. The molecule has 0 bridgehead atoms. The fraction of sp³-hybridized carbons (Fsp3) is 0. The molecule has 1 heterocycles. The summed E-state index contributed by atoms with van der Waals surface area (Å²) in [4.78, 5) is 25.4. The molecule has 0 fully saturated rings. The minimum absolute atomic E-state index is 0.172. The summed E-state index contributed by atoms with van der Waals surface area (Å²) in [6.45, 7) is 0. The Morgan fingerprint density at radius 2 is 1.52 bits per heavy atom. The Labute approximate surface area is 130 Å². The SMILES string of the molecule is O=C1c2ccccc2C(=O)c2c(N=Nc3ccn[nH]3)cccc21. The molecule has 1 N–H and O–H groups in total. The molecule has 110 valence electrons. The summed E-state index contributed by atoms with van der Waals surface area (Å²) in [5.41, 5.74) is 1.83. The number of aromatic amines is 1. The molecule has 3 aromatic rings. The van der Waals surface area contributed by atoms with Crippen LogP contribution in [0.4, 0.5) is 11.5 Å². The topological polar surface area (TPSA) is 87.5 Å². The Bertz CT molecular complexity index is 958. The first-order valence-electron chi connectivity index (χ1n) is 6.98. The van der Waals surface area contributed by atoms with Gasteiger partial charge in [-0.3, -0.25) is 14.7 Å². The van der Waals surface area contributed by atoms with Crippen molar-refractivity contribution < 1.29 is 9.59 Å². The lowest BCUT2D eigenvalue weighted by Crippen LogP contribution is -2.20. The Kier molecular flexibility index (Phi) is 2.94. The normalized spacial score (nSPS) is 13.2. The number of azo groups is 1. The number of aromatic nitrogens is 2. The number of carbonyl (C=O) groups is 2. The number of carbonyl (C=O) groups excluding carboxylic acids is 2. The van der Waals surface area contributed by atoms with Gasteiger partial charge < -0.3 is 0 Å². The fourth-order valence-corrected chi connectivity index (χ4v) is 2.62. The number of H-pyrrole nitrogens is 1. The van der Waals surface area contributed by atoms with Gasteiger partial charge in [-0.2, -0.15) is 5.10 Å². The van der Waals surface area contributed by atoms with Crippen LogP contribution >= 0.6 is 0 Å². The molecule has 4 rings (SSSR count). The van der Waals surface area contributed by atoms with Crippen LogP contribution in [0.3, 0.4) is 0 Å². The van der Waals surface area contributed by atoms with Gasteiger partial charge in [-0.1, -0.05) is 36.4 Å². The van der Waals surface area contributed by atoms with Crippen LogP contribution in [-0.2, 0) is 0 Å². The van der Waals surface area contributed by atoms with E-state index in [1.54, 1.807) is 54.7 Å². The molecule has 0 unspecified atom stereocenters. The van der Waals surface area contributed by atoms with Gasteiger partial charge >= 0.3 is 0 Å². The van der Waals surface area contributed by atoms with Gasteiger partial charge in [-0.05, 0) is 6.07 Å². The molecule has 2 aromatic carbocycles. The van der Waals surface area contributed by atoms with Gasteiger partial charge in [-0.25, -0.2) is 0 Å². The lowest BCUT2D eigenvalue weighted by Gasteiger charge is -2.18. The van der Waals surface area contributed by atoms with Crippen molar-refractivity contribution in [1.82, 2.24) is 10.2 Å². The van der Waals surface area contributed by atoms with Crippen molar-refractivity contribution in [3.05, 3.63) is 77.0 Å².